The van der Waals surface area contributed by atoms with E-state index >= 15 is 0 Å². The van der Waals surface area contributed by atoms with Gasteiger partial charge in [-0.1, -0.05) is 36.0 Å². The van der Waals surface area contributed by atoms with Crippen LogP contribution in [0.1, 0.15) is 49.0 Å². The Bertz CT molecular complexity index is 618. The van der Waals surface area contributed by atoms with Crippen molar-refractivity contribution in [2.45, 2.75) is 44.2 Å². The largest absolute Gasteiger partial charge is 0.324 e. The van der Waals surface area contributed by atoms with Gasteiger partial charge in [0, 0.05) is 28.7 Å². The molecule has 2 N–H and O–H groups in total. The van der Waals surface area contributed by atoms with Gasteiger partial charge in [-0.05, 0) is 42.7 Å². The summed E-state index contributed by atoms with van der Waals surface area (Å²) >= 11 is 12.2. The molecule has 1 unspecified atom stereocenters. The number of nitrogens with two attached hydrogens (primary N) is 1. The molecule has 0 aliphatic heterocycles. The summed E-state index contributed by atoms with van der Waals surface area (Å²) in [7, 11) is 0. The fourth-order valence-corrected chi connectivity index (χ4v) is 3.43. The van der Waals surface area contributed by atoms with Gasteiger partial charge in [-0.2, -0.15) is 5.10 Å². The van der Waals surface area contributed by atoms with E-state index in [2.05, 4.69) is 22.0 Å². The van der Waals surface area contributed by atoms with Gasteiger partial charge in [0.05, 0.1) is 11.7 Å². The van der Waals surface area contributed by atoms with Crippen molar-refractivity contribution in [2.24, 2.45) is 5.73 Å². The number of rotatable bonds is 4. The van der Waals surface area contributed by atoms with E-state index in [1.807, 2.05) is 6.07 Å². The van der Waals surface area contributed by atoms with Crippen molar-refractivity contribution in [3.05, 3.63) is 51.8 Å². The van der Waals surface area contributed by atoms with Crippen LogP contribution in [0.15, 0.2) is 30.5 Å². The van der Waals surface area contributed by atoms with Crippen molar-refractivity contribution in [2.75, 3.05) is 0 Å². The third kappa shape index (κ3) is 3.42. The Hall–Kier alpha value is -1.03. The van der Waals surface area contributed by atoms with Crippen LogP contribution in [-0.4, -0.2) is 9.78 Å². The van der Waals surface area contributed by atoms with Crippen molar-refractivity contribution in [3.63, 3.8) is 0 Å². The minimum Gasteiger partial charge on any atom is -0.324 e. The third-order valence-corrected chi connectivity index (χ3v) is 4.73. The van der Waals surface area contributed by atoms with Gasteiger partial charge < -0.3 is 5.73 Å². The molecule has 1 atom stereocenters. The second kappa shape index (κ2) is 6.39. The zero-order valence-corrected chi connectivity index (χ0v) is 13.3. The van der Waals surface area contributed by atoms with Gasteiger partial charge in [0.15, 0.2) is 0 Å². The van der Waals surface area contributed by atoms with E-state index < -0.39 is 0 Å². The number of hydrogen-bond donors (Lipinski definition) is 1. The molecular weight excluding hydrogens is 305 g/mol. The van der Waals surface area contributed by atoms with E-state index in [0.717, 1.165) is 11.3 Å². The molecule has 1 aliphatic carbocycles. The lowest BCUT2D eigenvalue weighted by Crippen LogP contribution is -2.15. The predicted octanol–water partition coefficient (Wildman–Crippen LogP) is 4.55. The molecule has 1 fully saturated rings. The average molecular weight is 324 g/mol. The van der Waals surface area contributed by atoms with Crippen LogP contribution < -0.4 is 5.73 Å². The molecule has 1 aliphatic rings. The van der Waals surface area contributed by atoms with E-state index in [9.17, 15) is 0 Å². The molecule has 5 heteroatoms. The van der Waals surface area contributed by atoms with Crippen molar-refractivity contribution >= 4 is 23.2 Å². The molecule has 0 bridgehead atoms. The van der Waals surface area contributed by atoms with Crippen LogP contribution in [0.5, 0.6) is 0 Å². The fraction of sp³-hybridized carbons (Fsp3) is 0.438. The molecule has 21 heavy (non-hydrogen) atoms. The molecule has 2 aromatic rings. The summed E-state index contributed by atoms with van der Waals surface area (Å²) in [5.74, 6) is 0. The minimum atomic E-state index is -0.192. The van der Waals surface area contributed by atoms with Gasteiger partial charge in [0.2, 0.25) is 0 Å². The van der Waals surface area contributed by atoms with E-state index in [1.165, 1.54) is 25.7 Å². The maximum atomic E-state index is 6.27. The highest BCUT2D eigenvalue weighted by molar-refractivity contribution is 6.33. The molecule has 0 amide bonds. The average Bonchev–Trinajstić information content (AvgIpc) is 3.11. The summed E-state index contributed by atoms with van der Waals surface area (Å²) in [5.41, 5.74) is 8.15. The van der Waals surface area contributed by atoms with Crippen molar-refractivity contribution < 1.29 is 0 Å². The van der Waals surface area contributed by atoms with Crippen LogP contribution >= 0.6 is 23.2 Å². The smallest absolute Gasteiger partial charge is 0.0643 e. The second-order valence-electron chi connectivity index (χ2n) is 5.70. The number of aromatic nitrogens is 2. The number of nitrogens with zero attached hydrogens (tertiary/aromatic N) is 2. The van der Waals surface area contributed by atoms with Crippen molar-refractivity contribution in [3.8, 4) is 0 Å². The van der Waals surface area contributed by atoms with Gasteiger partial charge in [0.25, 0.3) is 0 Å². The SMILES string of the molecule is NC(Cc1ccn(C2CCCC2)n1)c1cc(Cl)ccc1Cl. The molecular formula is C16H19Cl2N3. The topological polar surface area (TPSA) is 43.8 Å². The van der Waals surface area contributed by atoms with Crippen LogP contribution in [0.4, 0.5) is 0 Å². The summed E-state index contributed by atoms with van der Waals surface area (Å²) in [6.45, 7) is 0. The Labute approximate surface area is 135 Å². The fourth-order valence-electron chi connectivity index (χ4n) is 2.99. The van der Waals surface area contributed by atoms with Crippen LogP contribution in [0.2, 0.25) is 10.0 Å². The molecule has 1 aromatic heterocycles. The normalized spacial score (nSPS) is 17.3. The first-order valence-corrected chi connectivity index (χ1v) is 8.13. The number of benzene rings is 1. The van der Waals surface area contributed by atoms with Crippen LogP contribution in [0.25, 0.3) is 0 Å². The van der Waals surface area contributed by atoms with Gasteiger partial charge in [-0.15, -0.1) is 0 Å². The molecule has 3 nitrogen and oxygen atoms in total. The summed E-state index contributed by atoms with van der Waals surface area (Å²) in [6.07, 6.45) is 7.80. The highest BCUT2D eigenvalue weighted by Gasteiger charge is 2.18. The molecule has 1 aromatic carbocycles. The van der Waals surface area contributed by atoms with E-state index in [-0.39, 0.29) is 6.04 Å². The summed E-state index contributed by atoms with van der Waals surface area (Å²) in [5, 5.41) is 5.98. The number of hydrogen-bond acceptors (Lipinski definition) is 2. The molecule has 112 valence electrons. The monoisotopic (exact) mass is 323 g/mol. The van der Waals surface area contributed by atoms with Gasteiger partial charge in [0.1, 0.15) is 0 Å². The number of halogens is 2. The second-order valence-corrected chi connectivity index (χ2v) is 6.55. The van der Waals surface area contributed by atoms with Crippen LogP contribution in [-0.2, 0) is 6.42 Å². The first-order valence-electron chi connectivity index (χ1n) is 7.38. The van der Waals surface area contributed by atoms with Gasteiger partial charge in [-0.3, -0.25) is 4.68 Å². The molecule has 0 radical (unpaired) electrons. The van der Waals surface area contributed by atoms with Gasteiger partial charge in [-0.25, -0.2) is 0 Å². The Morgan fingerprint density at radius 2 is 2.00 bits per heavy atom. The summed E-state index contributed by atoms with van der Waals surface area (Å²) in [6, 6.07) is 7.82. The summed E-state index contributed by atoms with van der Waals surface area (Å²) < 4.78 is 2.09. The zero-order chi connectivity index (χ0) is 14.8. The van der Waals surface area contributed by atoms with Crippen molar-refractivity contribution in [1.82, 2.24) is 9.78 Å². The maximum absolute atomic E-state index is 6.27. The first kappa shape index (κ1) is 14.9. The molecule has 3 rings (SSSR count). The van der Waals surface area contributed by atoms with E-state index in [1.54, 1.807) is 12.1 Å². The first-order chi connectivity index (χ1) is 10.1. The lowest BCUT2D eigenvalue weighted by Gasteiger charge is -2.13. The Balaban J connectivity index is 1.72. The zero-order valence-electron chi connectivity index (χ0n) is 11.8. The molecule has 0 spiro atoms. The predicted molar refractivity (Wildman–Crippen MR) is 86.8 cm³/mol. The highest BCUT2D eigenvalue weighted by atomic mass is 35.5. The van der Waals surface area contributed by atoms with E-state index in [4.69, 9.17) is 28.9 Å². The Kier molecular flexibility index (Phi) is 4.53. The van der Waals surface area contributed by atoms with Crippen molar-refractivity contribution in [1.29, 1.82) is 0 Å². The highest BCUT2D eigenvalue weighted by Crippen LogP contribution is 2.30. The lowest BCUT2D eigenvalue weighted by atomic mass is 10.0. The van der Waals surface area contributed by atoms with Gasteiger partial charge >= 0.3 is 0 Å². The Morgan fingerprint density at radius 1 is 1.24 bits per heavy atom. The summed E-state index contributed by atoms with van der Waals surface area (Å²) in [4.78, 5) is 0. The molecule has 1 saturated carbocycles. The minimum absolute atomic E-state index is 0.192. The van der Waals surface area contributed by atoms with Crippen LogP contribution in [0.3, 0.4) is 0 Å². The molecule has 1 heterocycles. The maximum Gasteiger partial charge on any atom is 0.0643 e. The molecule has 0 saturated heterocycles. The van der Waals surface area contributed by atoms with E-state index in [0.29, 0.717) is 22.5 Å². The van der Waals surface area contributed by atoms with Crippen LogP contribution in [0, 0.1) is 0 Å². The standard InChI is InChI=1S/C16H19Cl2N3/c17-11-5-6-15(18)14(9-11)16(19)10-12-7-8-21(20-12)13-3-1-2-4-13/h5-9,13,16H,1-4,10,19H2. The quantitative estimate of drug-likeness (QED) is 0.897. The Morgan fingerprint density at radius 3 is 2.76 bits per heavy atom. The lowest BCUT2D eigenvalue weighted by molar-refractivity contribution is 0.461. The third-order valence-electron chi connectivity index (χ3n) is 4.15.